The van der Waals surface area contributed by atoms with Crippen LogP contribution in [0.5, 0.6) is 5.75 Å². The van der Waals surface area contributed by atoms with E-state index in [-0.39, 0.29) is 11.9 Å². The Morgan fingerprint density at radius 3 is 2.64 bits per heavy atom. The van der Waals surface area contributed by atoms with Crippen molar-refractivity contribution in [2.24, 2.45) is 0 Å². The highest BCUT2D eigenvalue weighted by atomic mass is 16.5. The van der Waals surface area contributed by atoms with Crippen molar-refractivity contribution in [3.05, 3.63) is 48.8 Å². The summed E-state index contributed by atoms with van der Waals surface area (Å²) < 4.78 is 5.10. The highest BCUT2D eigenvalue weighted by molar-refractivity contribution is 5.99. The molecule has 3 rings (SSSR count). The minimum atomic E-state index is -0.487. The average molecular weight is 340 g/mol. The van der Waals surface area contributed by atoms with Gasteiger partial charge in [0.1, 0.15) is 11.8 Å². The Kier molecular flexibility index (Phi) is 5.13. The molecule has 25 heavy (non-hydrogen) atoms. The number of carbonyl (C=O) groups excluding carboxylic acids is 2. The maximum Gasteiger partial charge on any atom is 0.322 e. The predicted octanol–water partition coefficient (Wildman–Crippen LogP) is 2.73. The lowest BCUT2D eigenvalue weighted by atomic mass is 10.2. The lowest BCUT2D eigenvalue weighted by Gasteiger charge is -2.24. The summed E-state index contributed by atoms with van der Waals surface area (Å²) in [5.41, 5.74) is 1.28. The predicted molar refractivity (Wildman–Crippen MR) is 94.6 cm³/mol. The van der Waals surface area contributed by atoms with E-state index in [0.29, 0.717) is 24.3 Å². The van der Waals surface area contributed by atoms with Gasteiger partial charge in [-0.2, -0.15) is 0 Å². The first-order valence-electron chi connectivity index (χ1n) is 8.10. The van der Waals surface area contributed by atoms with Crippen LogP contribution in [0.15, 0.2) is 48.8 Å². The van der Waals surface area contributed by atoms with Crippen LogP contribution in [0.25, 0.3) is 0 Å². The van der Waals surface area contributed by atoms with Crippen LogP contribution in [0.1, 0.15) is 12.8 Å². The van der Waals surface area contributed by atoms with E-state index in [1.54, 1.807) is 60.8 Å². The van der Waals surface area contributed by atoms with Crippen molar-refractivity contribution >= 4 is 23.3 Å². The summed E-state index contributed by atoms with van der Waals surface area (Å²) in [5, 5.41) is 5.63. The van der Waals surface area contributed by atoms with E-state index in [1.165, 1.54) is 0 Å². The molecule has 2 N–H and O–H groups in total. The summed E-state index contributed by atoms with van der Waals surface area (Å²) in [4.78, 5) is 30.5. The third kappa shape index (κ3) is 4.06. The molecule has 1 aromatic carbocycles. The molecule has 7 nitrogen and oxygen atoms in total. The lowest BCUT2D eigenvalue weighted by Crippen LogP contribution is -2.45. The normalized spacial score (nSPS) is 16.4. The van der Waals surface area contributed by atoms with E-state index >= 15 is 0 Å². The lowest BCUT2D eigenvalue weighted by molar-refractivity contribution is -0.119. The Morgan fingerprint density at radius 2 is 1.96 bits per heavy atom. The van der Waals surface area contributed by atoms with Crippen molar-refractivity contribution in [1.29, 1.82) is 0 Å². The summed E-state index contributed by atoms with van der Waals surface area (Å²) in [6.45, 7) is 0.548. The van der Waals surface area contributed by atoms with Gasteiger partial charge in [-0.1, -0.05) is 0 Å². The fourth-order valence-corrected chi connectivity index (χ4v) is 2.81. The number of aromatic nitrogens is 1. The second-order valence-electron chi connectivity index (χ2n) is 5.74. The zero-order chi connectivity index (χ0) is 17.6. The average Bonchev–Trinajstić information content (AvgIpc) is 3.13. The van der Waals surface area contributed by atoms with Crippen LogP contribution >= 0.6 is 0 Å². The summed E-state index contributed by atoms with van der Waals surface area (Å²) in [6, 6.07) is 9.81. The quantitative estimate of drug-likeness (QED) is 0.896. The Morgan fingerprint density at radius 1 is 1.16 bits per heavy atom. The topological polar surface area (TPSA) is 83.6 Å². The van der Waals surface area contributed by atoms with Gasteiger partial charge in [0.25, 0.3) is 0 Å². The van der Waals surface area contributed by atoms with Crippen molar-refractivity contribution in [3.8, 4) is 5.75 Å². The van der Waals surface area contributed by atoms with Gasteiger partial charge in [-0.05, 0) is 49.2 Å². The molecule has 1 atom stereocenters. The SMILES string of the molecule is COc1ccc(NC(=O)[C@@H]2CCCN2C(=O)Nc2cccnc2)cc1. The Bertz CT molecular complexity index is 734. The number of carbonyl (C=O) groups is 2. The van der Waals surface area contributed by atoms with Crippen molar-refractivity contribution in [1.82, 2.24) is 9.88 Å². The van der Waals surface area contributed by atoms with Gasteiger partial charge in [-0.15, -0.1) is 0 Å². The standard InChI is InChI=1S/C18H20N4O3/c1-25-15-8-6-13(7-9-15)20-17(23)16-5-3-11-22(16)18(24)21-14-4-2-10-19-12-14/h2,4,6-10,12,16H,3,5,11H2,1H3,(H,20,23)(H,21,24)/t16-/m0/s1. The largest absolute Gasteiger partial charge is 0.497 e. The van der Waals surface area contributed by atoms with Crippen LogP contribution in [0.2, 0.25) is 0 Å². The van der Waals surface area contributed by atoms with E-state index in [2.05, 4.69) is 15.6 Å². The number of methoxy groups -OCH3 is 1. The first kappa shape index (κ1) is 16.8. The van der Waals surface area contributed by atoms with Gasteiger partial charge in [-0.25, -0.2) is 4.79 Å². The Balaban J connectivity index is 1.63. The van der Waals surface area contributed by atoms with Crippen molar-refractivity contribution in [2.75, 3.05) is 24.3 Å². The Labute approximate surface area is 146 Å². The number of rotatable bonds is 4. The molecule has 1 fully saturated rings. The number of urea groups is 1. The fraction of sp³-hybridized carbons (Fsp3) is 0.278. The molecule has 0 unspecified atom stereocenters. The fourth-order valence-electron chi connectivity index (χ4n) is 2.81. The van der Waals surface area contributed by atoms with Gasteiger partial charge < -0.3 is 20.3 Å². The molecular weight excluding hydrogens is 320 g/mol. The van der Waals surface area contributed by atoms with Crippen molar-refractivity contribution < 1.29 is 14.3 Å². The van der Waals surface area contributed by atoms with Gasteiger partial charge in [0, 0.05) is 18.4 Å². The highest BCUT2D eigenvalue weighted by Gasteiger charge is 2.34. The van der Waals surface area contributed by atoms with Gasteiger partial charge in [0.05, 0.1) is 19.0 Å². The molecule has 0 spiro atoms. The van der Waals surface area contributed by atoms with E-state index in [4.69, 9.17) is 4.74 Å². The van der Waals surface area contributed by atoms with Crippen LogP contribution in [-0.4, -0.2) is 41.5 Å². The first-order chi connectivity index (χ1) is 12.2. The molecule has 1 aliphatic heterocycles. The van der Waals surface area contributed by atoms with Gasteiger partial charge >= 0.3 is 6.03 Å². The highest BCUT2D eigenvalue weighted by Crippen LogP contribution is 2.21. The number of nitrogens with one attached hydrogen (secondary N) is 2. The van der Waals surface area contributed by atoms with Gasteiger partial charge in [0.15, 0.2) is 0 Å². The van der Waals surface area contributed by atoms with Crippen molar-refractivity contribution in [3.63, 3.8) is 0 Å². The van der Waals surface area contributed by atoms with Crippen LogP contribution in [-0.2, 0) is 4.79 Å². The van der Waals surface area contributed by atoms with Crippen LogP contribution in [0.4, 0.5) is 16.2 Å². The molecule has 2 heterocycles. The number of ether oxygens (including phenoxy) is 1. The maximum atomic E-state index is 12.6. The molecule has 1 aromatic heterocycles. The summed E-state index contributed by atoms with van der Waals surface area (Å²) >= 11 is 0. The second-order valence-corrected chi connectivity index (χ2v) is 5.74. The summed E-state index contributed by atoms with van der Waals surface area (Å²) in [5.74, 6) is 0.528. The molecule has 0 bridgehead atoms. The van der Waals surface area contributed by atoms with Crippen LogP contribution < -0.4 is 15.4 Å². The molecule has 3 amide bonds. The Hall–Kier alpha value is -3.09. The molecule has 1 saturated heterocycles. The summed E-state index contributed by atoms with van der Waals surface area (Å²) in [7, 11) is 1.59. The van der Waals surface area contributed by atoms with Gasteiger partial charge in [-0.3, -0.25) is 9.78 Å². The zero-order valence-electron chi connectivity index (χ0n) is 13.9. The third-order valence-corrected chi connectivity index (χ3v) is 4.09. The number of benzene rings is 1. The van der Waals surface area contributed by atoms with E-state index in [9.17, 15) is 9.59 Å². The number of hydrogen-bond acceptors (Lipinski definition) is 4. The maximum absolute atomic E-state index is 12.6. The zero-order valence-corrected chi connectivity index (χ0v) is 13.9. The first-order valence-corrected chi connectivity index (χ1v) is 8.10. The van der Waals surface area contributed by atoms with E-state index < -0.39 is 6.04 Å². The number of amides is 3. The van der Waals surface area contributed by atoms with Crippen LogP contribution in [0.3, 0.4) is 0 Å². The molecule has 0 aliphatic carbocycles. The van der Waals surface area contributed by atoms with E-state index in [0.717, 1.165) is 12.2 Å². The smallest absolute Gasteiger partial charge is 0.322 e. The minimum Gasteiger partial charge on any atom is -0.497 e. The van der Waals surface area contributed by atoms with E-state index in [1.807, 2.05) is 0 Å². The number of likely N-dealkylation sites (tertiary alicyclic amines) is 1. The van der Waals surface area contributed by atoms with Crippen molar-refractivity contribution in [2.45, 2.75) is 18.9 Å². The molecule has 1 aliphatic rings. The molecular formula is C18H20N4O3. The molecule has 0 saturated carbocycles. The second kappa shape index (κ2) is 7.65. The number of anilines is 2. The monoisotopic (exact) mass is 340 g/mol. The molecule has 2 aromatic rings. The molecule has 130 valence electrons. The molecule has 7 heteroatoms. The minimum absolute atomic E-state index is 0.191. The molecule has 0 radical (unpaired) electrons. The number of nitrogens with zero attached hydrogens (tertiary/aromatic N) is 2. The third-order valence-electron chi connectivity index (χ3n) is 4.09. The van der Waals surface area contributed by atoms with Gasteiger partial charge in [0.2, 0.25) is 5.91 Å². The summed E-state index contributed by atoms with van der Waals surface area (Å²) in [6.07, 6.45) is 4.64. The number of hydrogen-bond donors (Lipinski definition) is 2. The van der Waals surface area contributed by atoms with Crippen LogP contribution in [0, 0.1) is 0 Å². The number of pyridine rings is 1.